The molecule has 0 spiro atoms. The topological polar surface area (TPSA) is 167 Å². The van der Waals surface area contributed by atoms with Gasteiger partial charge in [0.1, 0.15) is 35.1 Å². The van der Waals surface area contributed by atoms with Gasteiger partial charge in [0.05, 0.1) is 36.6 Å². The van der Waals surface area contributed by atoms with Gasteiger partial charge >= 0.3 is 0 Å². The van der Waals surface area contributed by atoms with Gasteiger partial charge in [-0.3, -0.25) is 4.79 Å². The van der Waals surface area contributed by atoms with E-state index in [1.807, 2.05) is 48.5 Å². The molecule has 186 valence electrons. The molecule has 11 heteroatoms. The van der Waals surface area contributed by atoms with E-state index in [0.717, 1.165) is 33.1 Å². The molecule has 0 aliphatic heterocycles. The van der Waals surface area contributed by atoms with Crippen molar-refractivity contribution < 1.29 is 29.6 Å². The first kappa shape index (κ1) is 23.8. The second kappa shape index (κ2) is 9.63. The number of nitrogens with zero attached hydrogens (tertiary/aromatic N) is 4. The van der Waals surface area contributed by atoms with Crippen LogP contribution >= 0.6 is 0 Å². The van der Waals surface area contributed by atoms with Crippen LogP contribution in [0, 0.1) is 0 Å². The molecule has 3 aromatic heterocycles. The van der Waals surface area contributed by atoms with E-state index in [-0.39, 0.29) is 6.54 Å². The van der Waals surface area contributed by atoms with Crippen molar-refractivity contribution in [2.75, 3.05) is 11.9 Å². The van der Waals surface area contributed by atoms with Gasteiger partial charge in [0.2, 0.25) is 0 Å². The Balaban J connectivity index is 1.40. The van der Waals surface area contributed by atoms with Crippen molar-refractivity contribution in [3.05, 3.63) is 60.4 Å². The van der Waals surface area contributed by atoms with E-state index >= 15 is 0 Å². The van der Waals surface area contributed by atoms with Gasteiger partial charge in [-0.2, -0.15) is 0 Å². The zero-order valence-corrected chi connectivity index (χ0v) is 19.3. The normalized spacial score (nSPS) is 15.2. The van der Waals surface area contributed by atoms with Crippen molar-refractivity contribution in [3.8, 4) is 0 Å². The van der Waals surface area contributed by atoms with Crippen molar-refractivity contribution in [2.45, 2.75) is 37.8 Å². The number of pyridine rings is 1. The number of fused-ring (bicyclic) bond motifs is 4. The molecule has 2 aromatic carbocycles. The Labute approximate surface area is 204 Å². The molecule has 0 unspecified atom stereocenters. The summed E-state index contributed by atoms with van der Waals surface area (Å²) in [5.41, 5.74) is 4.18. The second-order valence-corrected chi connectivity index (χ2v) is 8.61. The molecule has 0 saturated heterocycles. The molecule has 3 heterocycles. The Morgan fingerprint density at radius 1 is 1.06 bits per heavy atom. The van der Waals surface area contributed by atoms with E-state index in [0.29, 0.717) is 11.3 Å². The van der Waals surface area contributed by atoms with E-state index in [1.165, 1.54) is 11.6 Å². The average molecular weight is 492 g/mol. The van der Waals surface area contributed by atoms with E-state index in [2.05, 4.69) is 15.6 Å². The lowest BCUT2D eigenvalue weighted by Gasteiger charge is -2.22. The van der Waals surface area contributed by atoms with Crippen LogP contribution in [0.2, 0.25) is 0 Å². The number of carbonyl (C=O) groups is 1. The molecule has 5 rings (SSSR count). The van der Waals surface area contributed by atoms with E-state index in [4.69, 9.17) is 14.5 Å². The first-order valence-corrected chi connectivity index (χ1v) is 11.4. The Morgan fingerprint density at radius 2 is 1.78 bits per heavy atom. The number of aliphatic hydroxyl groups is 4. The predicted octanol–water partition coefficient (Wildman–Crippen LogP) is 1.54. The number of para-hydroxylation sites is 2. The number of furan rings is 1. The van der Waals surface area contributed by atoms with Crippen molar-refractivity contribution in [3.63, 3.8) is 0 Å². The standard InChI is InChI=1S/C25H25N5O6/c1-13(22(33)24(35)23(34)18(32)12-31)30-11-14(28-29-30)10-26-20-15-6-2-4-8-17(15)27-21-16-7-3-5-9-19(16)36-25(20)21/h2-9,11,13,18,22-23,31-34H,10,12H2,1H3,(H,26,27)/t13-,18-,22+,23-/m0/s1. The number of hydrogen-bond acceptors (Lipinski definition) is 10. The molecule has 0 fully saturated rings. The third-order valence-corrected chi connectivity index (χ3v) is 6.21. The number of hydrogen-bond donors (Lipinski definition) is 5. The summed E-state index contributed by atoms with van der Waals surface area (Å²) < 4.78 is 7.44. The number of nitrogens with one attached hydrogen (secondary N) is 1. The summed E-state index contributed by atoms with van der Waals surface area (Å²) in [5, 5.41) is 51.9. The molecule has 4 atom stereocenters. The SMILES string of the molecule is C[C@@H]([C@@H](O)C(=O)[C@@H](O)[C@@H](O)CO)n1cc(CNc2c3ccccc3nc3c2oc2ccccc23)nn1. The Bertz CT molecular complexity index is 1550. The highest BCUT2D eigenvalue weighted by Gasteiger charge is 2.33. The highest BCUT2D eigenvalue weighted by atomic mass is 16.4. The quantitative estimate of drug-likeness (QED) is 0.204. The van der Waals surface area contributed by atoms with Crippen molar-refractivity contribution in [1.82, 2.24) is 20.0 Å². The van der Waals surface area contributed by atoms with Crippen LogP contribution in [0.25, 0.3) is 33.0 Å². The van der Waals surface area contributed by atoms with Gasteiger partial charge in [0.15, 0.2) is 11.4 Å². The van der Waals surface area contributed by atoms with Crippen LogP contribution < -0.4 is 5.32 Å². The third kappa shape index (κ3) is 4.18. The lowest BCUT2D eigenvalue weighted by atomic mass is 10.0. The summed E-state index contributed by atoms with van der Waals surface area (Å²) >= 11 is 0. The average Bonchev–Trinajstić information content (AvgIpc) is 3.53. The Kier molecular flexibility index (Phi) is 6.37. The number of rotatable bonds is 9. The van der Waals surface area contributed by atoms with Crippen LogP contribution in [0.4, 0.5) is 5.69 Å². The minimum absolute atomic E-state index is 0.267. The number of carbonyl (C=O) groups excluding carboxylic acids is 1. The molecule has 0 saturated carbocycles. The van der Waals surface area contributed by atoms with Crippen LogP contribution in [-0.2, 0) is 11.3 Å². The molecule has 0 aliphatic rings. The van der Waals surface area contributed by atoms with Gasteiger partial charge in [-0.25, -0.2) is 9.67 Å². The second-order valence-electron chi connectivity index (χ2n) is 8.61. The van der Waals surface area contributed by atoms with Crippen molar-refractivity contribution in [1.29, 1.82) is 0 Å². The van der Waals surface area contributed by atoms with Gasteiger partial charge in [0, 0.05) is 10.8 Å². The van der Waals surface area contributed by atoms with E-state index in [1.54, 1.807) is 6.20 Å². The summed E-state index contributed by atoms with van der Waals surface area (Å²) in [6.07, 6.45) is -3.69. The fourth-order valence-electron chi connectivity index (χ4n) is 4.13. The number of Topliss-reactive ketones (excluding diaryl/α,β-unsaturated/α-hetero) is 1. The van der Waals surface area contributed by atoms with E-state index < -0.39 is 36.7 Å². The molecule has 0 amide bonds. The first-order chi connectivity index (χ1) is 17.4. The monoisotopic (exact) mass is 491 g/mol. The number of ketones is 1. The minimum atomic E-state index is -1.91. The third-order valence-electron chi connectivity index (χ3n) is 6.21. The Hall–Kier alpha value is -3.90. The maximum atomic E-state index is 12.2. The van der Waals surface area contributed by atoms with Gasteiger partial charge < -0.3 is 30.2 Å². The first-order valence-electron chi connectivity index (χ1n) is 11.4. The molecule has 0 radical (unpaired) electrons. The van der Waals surface area contributed by atoms with E-state index in [9.17, 15) is 20.1 Å². The largest absolute Gasteiger partial charge is 0.452 e. The Morgan fingerprint density at radius 3 is 2.56 bits per heavy atom. The van der Waals surface area contributed by atoms with Crippen molar-refractivity contribution in [2.24, 2.45) is 0 Å². The fourth-order valence-corrected chi connectivity index (χ4v) is 4.13. The zero-order chi connectivity index (χ0) is 25.4. The van der Waals surface area contributed by atoms with Gasteiger partial charge in [-0.15, -0.1) is 5.10 Å². The highest BCUT2D eigenvalue weighted by Crippen LogP contribution is 2.36. The molecular weight excluding hydrogens is 466 g/mol. The molecule has 0 bridgehead atoms. The number of aromatic nitrogens is 4. The highest BCUT2D eigenvalue weighted by molar-refractivity contribution is 6.13. The molecule has 0 aliphatic carbocycles. The molecule has 5 aromatic rings. The predicted molar refractivity (Wildman–Crippen MR) is 131 cm³/mol. The molecule has 5 N–H and O–H groups in total. The molecule has 36 heavy (non-hydrogen) atoms. The van der Waals surface area contributed by atoms with Crippen LogP contribution in [0.3, 0.4) is 0 Å². The maximum absolute atomic E-state index is 12.2. The van der Waals surface area contributed by atoms with Gasteiger partial charge in [-0.1, -0.05) is 35.5 Å². The zero-order valence-electron chi connectivity index (χ0n) is 19.3. The molecular formula is C25H25N5O6. The van der Waals surface area contributed by atoms with Crippen molar-refractivity contribution >= 4 is 44.4 Å². The lowest BCUT2D eigenvalue weighted by Crippen LogP contribution is -2.44. The minimum Gasteiger partial charge on any atom is -0.452 e. The van der Waals surface area contributed by atoms with Crippen LogP contribution in [0.5, 0.6) is 0 Å². The summed E-state index contributed by atoms with van der Waals surface area (Å²) in [6.45, 7) is 0.985. The van der Waals surface area contributed by atoms with Crippen LogP contribution in [0.1, 0.15) is 18.7 Å². The maximum Gasteiger partial charge on any atom is 0.194 e. The summed E-state index contributed by atoms with van der Waals surface area (Å²) in [6, 6.07) is 14.5. The summed E-state index contributed by atoms with van der Waals surface area (Å²) in [5.74, 6) is -1.02. The lowest BCUT2D eigenvalue weighted by molar-refractivity contribution is -0.145. The van der Waals surface area contributed by atoms with Gasteiger partial charge in [0.25, 0.3) is 0 Å². The van der Waals surface area contributed by atoms with Gasteiger partial charge in [-0.05, 0) is 25.1 Å². The number of aliphatic hydroxyl groups excluding tert-OH is 4. The van der Waals surface area contributed by atoms with Crippen LogP contribution in [-0.4, -0.2) is 71.1 Å². The molecule has 11 nitrogen and oxygen atoms in total. The van der Waals surface area contributed by atoms with Crippen LogP contribution in [0.15, 0.2) is 59.1 Å². The summed E-state index contributed by atoms with van der Waals surface area (Å²) in [4.78, 5) is 17.0. The fraction of sp³-hybridized carbons (Fsp3) is 0.280. The number of benzene rings is 2. The smallest absolute Gasteiger partial charge is 0.194 e. The number of anilines is 1. The summed E-state index contributed by atoms with van der Waals surface area (Å²) in [7, 11) is 0.